The van der Waals surface area contributed by atoms with Crippen molar-refractivity contribution in [3.63, 3.8) is 0 Å². The number of aliphatic hydroxyl groups is 1. The fraction of sp³-hybridized carbons (Fsp3) is 0.167. The van der Waals surface area contributed by atoms with Crippen LogP contribution in [0.25, 0.3) is 0 Å². The van der Waals surface area contributed by atoms with E-state index in [1.807, 2.05) is 12.1 Å². The molecule has 5 heteroatoms. The zero-order valence-electron chi connectivity index (χ0n) is 9.17. The Kier molecular flexibility index (Phi) is 3.71. The monoisotopic (exact) mass is 294 g/mol. The molecule has 0 bridgehead atoms. The van der Waals surface area contributed by atoms with Crippen LogP contribution in [0.5, 0.6) is 5.75 Å². The van der Waals surface area contributed by atoms with Crippen molar-refractivity contribution in [3.8, 4) is 5.75 Å². The van der Waals surface area contributed by atoms with Gasteiger partial charge in [0.2, 0.25) is 0 Å². The maximum absolute atomic E-state index is 10.2. The van der Waals surface area contributed by atoms with Crippen molar-refractivity contribution in [1.82, 2.24) is 9.97 Å². The Balaban J connectivity index is 2.40. The molecule has 2 rings (SSSR count). The number of halogens is 1. The van der Waals surface area contributed by atoms with Gasteiger partial charge in [0.05, 0.1) is 7.11 Å². The highest BCUT2D eigenvalue weighted by Crippen LogP contribution is 2.31. The number of aliphatic hydroxyl groups excluding tert-OH is 1. The summed E-state index contributed by atoms with van der Waals surface area (Å²) >= 11 is 3.36. The Labute approximate surface area is 107 Å². The fourth-order valence-corrected chi connectivity index (χ4v) is 1.88. The minimum absolute atomic E-state index is 0.621. The summed E-state index contributed by atoms with van der Waals surface area (Å²) in [6, 6.07) is 5.47. The second kappa shape index (κ2) is 5.25. The third-order valence-corrected chi connectivity index (χ3v) is 2.88. The molecule has 1 aromatic heterocycles. The van der Waals surface area contributed by atoms with Crippen LogP contribution in [0.1, 0.15) is 17.2 Å². The molecule has 1 heterocycles. The first-order chi connectivity index (χ1) is 8.22. The minimum atomic E-state index is -0.792. The lowest BCUT2D eigenvalue weighted by Crippen LogP contribution is -2.03. The summed E-state index contributed by atoms with van der Waals surface area (Å²) in [5.74, 6) is 0.621. The van der Waals surface area contributed by atoms with E-state index in [9.17, 15) is 5.11 Å². The lowest BCUT2D eigenvalue weighted by Gasteiger charge is -2.14. The normalized spacial score (nSPS) is 12.2. The zero-order chi connectivity index (χ0) is 12.3. The van der Waals surface area contributed by atoms with Gasteiger partial charge in [0, 0.05) is 28.0 Å². The number of rotatable bonds is 3. The Morgan fingerprint density at radius 3 is 2.65 bits per heavy atom. The Morgan fingerprint density at radius 2 is 2.00 bits per heavy atom. The van der Waals surface area contributed by atoms with E-state index < -0.39 is 6.10 Å². The number of hydrogen-bond donors (Lipinski definition) is 1. The van der Waals surface area contributed by atoms with Gasteiger partial charge in [0.25, 0.3) is 0 Å². The molecule has 0 amide bonds. The number of benzene rings is 1. The molecule has 88 valence electrons. The topological polar surface area (TPSA) is 55.2 Å². The van der Waals surface area contributed by atoms with Gasteiger partial charge in [-0.15, -0.1) is 0 Å². The molecule has 1 aromatic carbocycles. The molecule has 0 aliphatic rings. The molecular weight excluding hydrogens is 284 g/mol. The van der Waals surface area contributed by atoms with E-state index in [2.05, 4.69) is 25.9 Å². The number of ether oxygens (including phenoxy) is 1. The molecule has 1 atom stereocenters. The maximum Gasteiger partial charge on any atom is 0.126 e. The van der Waals surface area contributed by atoms with Gasteiger partial charge < -0.3 is 9.84 Å². The quantitative estimate of drug-likeness (QED) is 0.944. The van der Waals surface area contributed by atoms with Crippen LogP contribution in [0.3, 0.4) is 0 Å². The van der Waals surface area contributed by atoms with Gasteiger partial charge in [0.1, 0.15) is 18.2 Å². The summed E-state index contributed by atoms with van der Waals surface area (Å²) in [6.07, 6.45) is 3.80. The minimum Gasteiger partial charge on any atom is -0.496 e. The van der Waals surface area contributed by atoms with Crippen LogP contribution < -0.4 is 4.74 Å². The predicted molar refractivity (Wildman–Crippen MR) is 66.8 cm³/mol. The number of aromatic nitrogens is 2. The van der Waals surface area contributed by atoms with E-state index in [1.54, 1.807) is 25.6 Å². The molecule has 0 spiro atoms. The predicted octanol–water partition coefficient (Wildman–Crippen LogP) is 2.33. The molecule has 1 N–H and O–H groups in total. The highest BCUT2D eigenvalue weighted by atomic mass is 79.9. The van der Waals surface area contributed by atoms with Crippen molar-refractivity contribution in [2.75, 3.05) is 7.11 Å². The first-order valence-electron chi connectivity index (χ1n) is 4.99. The summed E-state index contributed by atoms with van der Waals surface area (Å²) in [4.78, 5) is 7.77. The summed E-state index contributed by atoms with van der Waals surface area (Å²) in [5, 5.41) is 10.2. The van der Waals surface area contributed by atoms with E-state index in [1.165, 1.54) is 6.33 Å². The molecule has 0 saturated carbocycles. The SMILES string of the molecule is COc1cc(Br)ccc1C(O)c1cncnc1. The maximum atomic E-state index is 10.2. The van der Waals surface area contributed by atoms with E-state index in [-0.39, 0.29) is 0 Å². The van der Waals surface area contributed by atoms with Crippen molar-refractivity contribution >= 4 is 15.9 Å². The highest BCUT2D eigenvalue weighted by Gasteiger charge is 2.15. The number of hydrogen-bond acceptors (Lipinski definition) is 4. The molecule has 0 aliphatic carbocycles. The third kappa shape index (κ3) is 2.62. The molecule has 17 heavy (non-hydrogen) atoms. The lowest BCUT2D eigenvalue weighted by atomic mass is 10.0. The van der Waals surface area contributed by atoms with Crippen molar-refractivity contribution in [2.45, 2.75) is 6.10 Å². The van der Waals surface area contributed by atoms with E-state index in [0.717, 1.165) is 4.47 Å². The van der Waals surface area contributed by atoms with Crippen LogP contribution in [0.15, 0.2) is 41.4 Å². The van der Waals surface area contributed by atoms with Crippen LogP contribution >= 0.6 is 15.9 Å². The van der Waals surface area contributed by atoms with Crippen LogP contribution in [0.4, 0.5) is 0 Å². The summed E-state index contributed by atoms with van der Waals surface area (Å²) < 4.78 is 6.14. The molecule has 0 saturated heterocycles. The molecule has 1 unspecified atom stereocenters. The molecule has 0 aliphatic heterocycles. The molecule has 2 aromatic rings. The Hall–Kier alpha value is -1.46. The van der Waals surface area contributed by atoms with Gasteiger partial charge in [-0.05, 0) is 12.1 Å². The van der Waals surface area contributed by atoms with Crippen molar-refractivity contribution in [3.05, 3.63) is 52.5 Å². The summed E-state index contributed by atoms with van der Waals surface area (Å²) in [5.41, 5.74) is 1.32. The van der Waals surface area contributed by atoms with E-state index in [0.29, 0.717) is 16.9 Å². The first-order valence-corrected chi connectivity index (χ1v) is 5.78. The second-order valence-corrected chi connectivity index (χ2v) is 4.38. The second-order valence-electron chi connectivity index (χ2n) is 3.46. The molecule has 4 nitrogen and oxygen atoms in total. The smallest absolute Gasteiger partial charge is 0.126 e. The van der Waals surface area contributed by atoms with E-state index >= 15 is 0 Å². The van der Waals surface area contributed by atoms with Gasteiger partial charge in [-0.3, -0.25) is 0 Å². The number of methoxy groups -OCH3 is 1. The van der Waals surface area contributed by atoms with Gasteiger partial charge >= 0.3 is 0 Å². The summed E-state index contributed by atoms with van der Waals surface area (Å²) in [6.45, 7) is 0. The van der Waals surface area contributed by atoms with Gasteiger partial charge in [-0.25, -0.2) is 9.97 Å². The van der Waals surface area contributed by atoms with Crippen LogP contribution in [0.2, 0.25) is 0 Å². The van der Waals surface area contributed by atoms with Gasteiger partial charge in [-0.1, -0.05) is 22.0 Å². The number of nitrogens with zero attached hydrogens (tertiary/aromatic N) is 2. The summed E-state index contributed by atoms with van der Waals surface area (Å²) in [7, 11) is 1.57. The van der Waals surface area contributed by atoms with Crippen LogP contribution in [-0.2, 0) is 0 Å². The van der Waals surface area contributed by atoms with Gasteiger partial charge in [-0.2, -0.15) is 0 Å². The molecular formula is C12H11BrN2O2. The Bertz CT molecular complexity index is 505. The van der Waals surface area contributed by atoms with Crippen molar-refractivity contribution in [2.24, 2.45) is 0 Å². The lowest BCUT2D eigenvalue weighted by molar-refractivity contribution is 0.214. The van der Waals surface area contributed by atoms with E-state index in [4.69, 9.17) is 4.74 Å². The molecule has 0 radical (unpaired) electrons. The fourth-order valence-electron chi connectivity index (χ4n) is 1.54. The zero-order valence-corrected chi connectivity index (χ0v) is 10.8. The van der Waals surface area contributed by atoms with Crippen LogP contribution in [0, 0.1) is 0 Å². The first kappa shape index (κ1) is 12.0. The standard InChI is InChI=1S/C12H11BrN2O2/c1-17-11-4-9(13)2-3-10(11)12(16)8-5-14-7-15-6-8/h2-7,12,16H,1H3. The average Bonchev–Trinajstić information content (AvgIpc) is 2.39. The van der Waals surface area contributed by atoms with Gasteiger partial charge in [0.15, 0.2) is 0 Å². The largest absolute Gasteiger partial charge is 0.496 e. The van der Waals surface area contributed by atoms with Crippen molar-refractivity contribution < 1.29 is 9.84 Å². The van der Waals surface area contributed by atoms with Crippen LogP contribution in [-0.4, -0.2) is 22.2 Å². The third-order valence-electron chi connectivity index (χ3n) is 2.39. The molecule has 0 fully saturated rings. The average molecular weight is 295 g/mol. The van der Waals surface area contributed by atoms with Crippen molar-refractivity contribution in [1.29, 1.82) is 0 Å². The highest BCUT2D eigenvalue weighted by molar-refractivity contribution is 9.10. The Morgan fingerprint density at radius 1 is 1.29 bits per heavy atom.